The Kier molecular flexibility index (Phi) is 9.49. The number of benzene rings is 1. The fourth-order valence-electron chi connectivity index (χ4n) is 2.78. The molecule has 0 bridgehead atoms. The van der Waals surface area contributed by atoms with Crippen LogP contribution < -0.4 is 0 Å². The van der Waals surface area contributed by atoms with Gasteiger partial charge in [-0.25, -0.2) is 0 Å². The summed E-state index contributed by atoms with van der Waals surface area (Å²) in [6.07, 6.45) is 14.0. The van der Waals surface area contributed by atoms with Crippen molar-refractivity contribution >= 4 is 0 Å². The summed E-state index contributed by atoms with van der Waals surface area (Å²) in [7, 11) is 0. The highest BCUT2D eigenvalue weighted by molar-refractivity contribution is 5.14. The lowest BCUT2D eigenvalue weighted by atomic mass is 9.92. The smallest absolute Gasteiger partial charge is 0.0276 e. The Morgan fingerprint density at radius 2 is 1.47 bits per heavy atom. The highest BCUT2D eigenvalue weighted by Crippen LogP contribution is 2.20. The predicted molar refractivity (Wildman–Crippen MR) is 86.5 cm³/mol. The first kappa shape index (κ1) is 16.3. The van der Waals surface area contributed by atoms with E-state index in [-0.39, 0.29) is 0 Å². The summed E-state index contributed by atoms with van der Waals surface area (Å²) in [6, 6.07) is 10.9. The van der Waals surface area contributed by atoms with E-state index in [1.54, 1.807) is 0 Å². The minimum atomic E-state index is 0.936. The molecule has 1 aromatic carbocycles. The number of rotatable bonds is 11. The van der Waals surface area contributed by atoms with Gasteiger partial charge in [0, 0.05) is 0 Å². The molecule has 0 nitrogen and oxygen atoms in total. The highest BCUT2D eigenvalue weighted by atomic mass is 14.1. The largest absolute Gasteiger partial charge is 0.0654 e. The van der Waals surface area contributed by atoms with E-state index < -0.39 is 0 Å². The molecule has 1 aromatic rings. The summed E-state index contributed by atoms with van der Waals surface area (Å²) >= 11 is 0. The third kappa shape index (κ3) is 8.08. The van der Waals surface area contributed by atoms with E-state index in [0.717, 1.165) is 5.92 Å². The Bertz CT molecular complexity index is 288. The second-order valence-electron chi connectivity index (χ2n) is 5.85. The first-order valence-corrected chi connectivity index (χ1v) is 8.40. The van der Waals surface area contributed by atoms with E-state index in [4.69, 9.17) is 0 Å². The molecule has 1 atom stereocenters. The van der Waals surface area contributed by atoms with Crippen molar-refractivity contribution in [2.24, 2.45) is 5.92 Å². The van der Waals surface area contributed by atoms with Crippen LogP contribution in [0.3, 0.4) is 0 Å². The first-order valence-electron chi connectivity index (χ1n) is 8.40. The third-order valence-electron chi connectivity index (χ3n) is 4.23. The van der Waals surface area contributed by atoms with Gasteiger partial charge in [-0.3, -0.25) is 0 Å². The van der Waals surface area contributed by atoms with Crippen molar-refractivity contribution in [1.82, 2.24) is 0 Å². The van der Waals surface area contributed by atoms with Crippen LogP contribution in [0.2, 0.25) is 0 Å². The van der Waals surface area contributed by atoms with Crippen molar-refractivity contribution in [3.63, 3.8) is 0 Å². The lowest BCUT2D eigenvalue weighted by Gasteiger charge is -2.14. The Hall–Kier alpha value is -0.780. The Balaban J connectivity index is 2.09. The SMILES string of the molecule is CCCCCCCCC(CC)CCc1ccccc1. The van der Waals surface area contributed by atoms with Gasteiger partial charge in [-0.05, 0) is 24.3 Å². The molecule has 0 saturated carbocycles. The number of aryl methyl sites for hydroxylation is 1. The highest BCUT2D eigenvalue weighted by Gasteiger charge is 2.06. The minimum absolute atomic E-state index is 0.936. The van der Waals surface area contributed by atoms with Crippen molar-refractivity contribution in [2.45, 2.75) is 78.1 Å². The summed E-state index contributed by atoms with van der Waals surface area (Å²) in [5.41, 5.74) is 1.50. The fourth-order valence-corrected chi connectivity index (χ4v) is 2.78. The molecule has 0 heterocycles. The van der Waals surface area contributed by atoms with Gasteiger partial charge in [0.2, 0.25) is 0 Å². The van der Waals surface area contributed by atoms with Crippen LogP contribution in [0.15, 0.2) is 30.3 Å². The van der Waals surface area contributed by atoms with Gasteiger partial charge >= 0.3 is 0 Å². The summed E-state index contributed by atoms with van der Waals surface area (Å²) < 4.78 is 0. The van der Waals surface area contributed by atoms with Crippen LogP contribution in [0.5, 0.6) is 0 Å². The zero-order chi connectivity index (χ0) is 13.8. The lowest BCUT2D eigenvalue weighted by Crippen LogP contribution is -2.01. The molecule has 0 aliphatic rings. The van der Waals surface area contributed by atoms with Gasteiger partial charge in [-0.1, -0.05) is 95.5 Å². The summed E-state index contributed by atoms with van der Waals surface area (Å²) in [5, 5.41) is 0. The summed E-state index contributed by atoms with van der Waals surface area (Å²) in [6.45, 7) is 4.64. The van der Waals surface area contributed by atoms with Gasteiger partial charge in [0.25, 0.3) is 0 Å². The van der Waals surface area contributed by atoms with Crippen LogP contribution in [0, 0.1) is 5.92 Å². The number of unbranched alkanes of at least 4 members (excludes halogenated alkanes) is 5. The van der Waals surface area contributed by atoms with E-state index in [2.05, 4.69) is 44.2 Å². The molecule has 0 fully saturated rings. The van der Waals surface area contributed by atoms with Gasteiger partial charge in [-0.2, -0.15) is 0 Å². The molecule has 0 heteroatoms. The summed E-state index contributed by atoms with van der Waals surface area (Å²) in [4.78, 5) is 0. The molecule has 0 amide bonds. The molecular weight excluding hydrogens is 228 g/mol. The molecule has 1 unspecified atom stereocenters. The van der Waals surface area contributed by atoms with Gasteiger partial charge < -0.3 is 0 Å². The van der Waals surface area contributed by atoms with Crippen molar-refractivity contribution in [3.8, 4) is 0 Å². The molecule has 108 valence electrons. The Morgan fingerprint density at radius 1 is 0.789 bits per heavy atom. The average molecular weight is 260 g/mol. The maximum absolute atomic E-state index is 2.35. The average Bonchev–Trinajstić information content (AvgIpc) is 2.47. The topological polar surface area (TPSA) is 0 Å². The van der Waals surface area contributed by atoms with Crippen LogP contribution in [0.1, 0.15) is 77.2 Å². The molecule has 1 rings (SSSR count). The van der Waals surface area contributed by atoms with Crippen LogP contribution >= 0.6 is 0 Å². The van der Waals surface area contributed by atoms with E-state index >= 15 is 0 Å². The van der Waals surface area contributed by atoms with Crippen molar-refractivity contribution in [3.05, 3.63) is 35.9 Å². The van der Waals surface area contributed by atoms with Gasteiger partial charge in [-0.15, -0.1) is 0 Å². The fraction of sp³-hybridized carbons (Fsp3) is 0.684. The van der Waals surface area contributed by atoms with E-state index in [1.165, 1.54) is 69.8 Å². The second-order valence-corrected chi connectivity index (χ2v) is 5.85. The standard InChI is InChI=1S/C19H32/c1-3-5-6-7-8-10-13-18(4-2)16-17-19-14-11-9-12-15-19/h9,11-12,14-15,18H,3-8,10,13,16-17H2,1-2H3. The Labute approximate surface area is 120 Å². The van der Waals surface area contributed by atoms with Crippen LogP contribution in [-0.4, -0.2) is 0 Å². The molecule has 0 aliphatic carbocycles. The van der Waals surface area contributed by atoms with Crippen LogP contribution in [0.4, 0.5) is 0 Å². The quantitative estimate of drug-likeness (QED) is 0.404. The minimum Gasteiger partial charge on any atom is -0.0654 e. The zero-order valence-corrected chi connectivity index (χ0v) is 13.0. The van der Waals surface area contributed by atoms with Crippen molar-refractivity contribution in [2.75, 3.05) is 0 Å². The molecule has 0 spiro atoms. The molecule has 0 aromatic heterocycles. The molecule has 0 radical (unpaired) electrons. The van der Waals surface area contributed by atoms with E-state index in [1.807, 2.05) is 0 Å². The normalized spacial score (nSPS) is 12.5. The maximum atomic E-state index is 2.35. The summed E-state index contributed by atoms with van der Waals surface area (Å²) in [5.74, 6) is 0.936. The molecule has 0 saturated heterocycles. The first-order chi connectivity index (χ1) is 9.36. The molecular formula is C19H32. The van der Waals surface area contributed by atoms with E-state index in [9.17, 15) is 0 Å². The molecule has 0 N–H and O–H groups in total. The zero-order valence-electron chi connectivity index (χ0n) is 13.0. The van der Waals surface area contributed by atoms with Crippen molar-refractivity contribution in [1.29, 1.82) is 0 Å². The molecule has 0 aliphatic heterocycles. The van der Waals surface area contributed by atoms with Crippen molar-refractivity contribution < 1.29 is 0 Å². The van der Waals surface area contributed by atoms with Gasteiger partial charge in [0.05, 0.1) is 0 Å². The van der Waals surface area contributed by atoms with Crippen LogP contribution in [-0.2, 0) is 6.42 Å². The number of hydrogen-bond acceptors (Lipinski definition) is 0. The predicted octanol–water partition coefficient (Wildman–Crippen LogP) is 6.40. The lowest BCUT2D eigenvalue weighted by molar-refractivity contribution is 0.412. The van der Waals surface area contributed by atoms with Gasteiger partial charge in [0.15, 0.2) is 0 Å². The maximum Gasteiger partial charge on any atom is -0.0276 e. The van der Waals surface area contributed by atoms with Gasteiger partial charge in [0.1, 0.15) is 0 Å². The monoisotopic (exact) mass is 260 g/mol. The van der Waals surface area contributed by atoms with E-state index in [0.29, 0.717) is 0 Å². The Morgan fingerprint density at radius 3 is 2.16 bits per heavy atom. The molecule has 19 heavy (non-hydrogen) atoms. The third-order valence-corrected chi connectivity index (χ3v) is 4.23. The number of hydrogen-bond donors (Lipinski definition) is 0. The van der Waals surface area contributed by atoms with Crippen LogP contribution in [0.25, 0.3) is 0 Å². The second kappa shape index (κ2) is 11.1.